The Morgan fingerprint density at radius 2 is 1.57 bits per heavy atom. The Morgan fingerprint density at radius 3 is 2.32 bits per heavy atom. The van der Waals surface area contributed by atoms with Crippen LogP contribution in [0.5, 0.6) is 23.0 Å². The molecule has 0 aliphatic carbocycles. The van der Waals surface area contributed by atoms with Crippen molar-refractivity contribution in [2.24, 2.45) is 5.10 Å². The number of esters is 1. The van der Waals surface area contributed by atoms with Crippen LogP contribution in [0.2, 0.25) is 0 Å². The zero-order valence-electron chi connectivity index (χ0n) is 20.5. The fourth-order valence-corrected chi connectivity index (χ4v) is 3.59. The molecule has 0 aliphatic rings. The summed E-state index contributed by atoms with van der Waals surface area (Å²) in [5, 5.41) is 5.81. The van der Waals surface area contributed by atoms with Crippen molar-refractivity contribution in [1.29, 1.82) is 0 Å². The molecule has 1 N–H and O–H groups in total. The zero-order valence-corrected chi connectivity index (χ0v) is 20.5. The van der Waals surface area contributed by atoms with Crippen LogP contribution in [-0.4, -0.2) is 38.4 Å². The van der Waals surface area contributed by atoms with Crippen molar-refractivity contribution >= 4 is 28.9 Å². The van der Waals surface area contributed by atoms with E-state index in [4.69, 9.17) is 18.9 Å². The molecule has 0 atom stereocenters. The van der Waals surface area contributed by atoms with Gasteiger partial charge in [0, 0.05) is 5.56 Å². The minimum atomic E-state index is -0.526. The predicted molar refractivity (Wildman–Crippen MR) is 141 cm³/mol. The molecule has 0 spiro atoms. The zero-order chi connectivity index (χ0) is 26.0. The monoisotopic (exact) mass is 498 g/mol. The molecule has 0 heterocycles. The van der Waals surface area contributed by atoms with Crippen LogP contribution in [0.4, 0.5) is 0 Å². The minimum absolute atomic E-state index is 0.257. The summed E-state index contributed by atoms with van der Waals surface area (Å²) in [5.74, 6) is 0.955. The first-order chi connectivity index (χ1) is 18.1. The number of benzene rings is 4. The number of ether oxygens (including phenoxy) is 4. The topological polar surface area (TPSA) is 95.5 Å². The number of hydrazone groups is 1. The number of para-hydroxylation sites is 2. The maximum absolute atomic E-state index is 12.8. The van der Waals surface area contributed by atoms with E-state index in [1.807, 2.05) is 37.3 Å². The molecule has 0 unspecified atom stereocenters. The van der Waals surface area contributed by atoms with Crippen LogP contribution in [0.1, 0.15) is 22.8 Å². The highest BCUT2D eigenvalue weighted by Gasteiger charge is 2.14. The third-order valence-electron chi connectivity index (χ3n) is 5.35. The third kappa shape index (κ3) is 6.43. The molecule has 188 valence electrons. The van der Waals surface area contributed by atoms with Gasteiger partial charge in [-0.05, 0) is 60.2 Å². The van der Waals surface area contributed by atoms with Gasteiger partial charge in [-0.15, -0.1) is 0 Å². The highest BCUT2D eigenvalue weighted by atomic mass is 16.5. The summed E-state index contributed by atoms with van der Waals surface area (Å²) in [5.41, 5.74) is 3.37. The maximum atomic E-state index is 12.8. The van der Waals surface area contributed by atoms with Crippen LogP contribution in [-0.2, 0) is 4.79 Å². The van der Waals surface area contributed by atoms with E-state index in [9.17, 15) is 9.59 Å². The van der Waals surface area contributed by atoms with Crippen molar-refractivity contribution in [3.8, 4) is 23.0 Å². The first-order valence-corrected chi connectivity index (χ1v) is 11.6. The quantitative estimate of drug-likeness (QED) is 0.143. The van der Waals surface area contributed by atoms with Crippen LogP contribution >= 0.6 is 0 Å². The Bertz CT molecular complexity index is 1420. The Hall–Kier alpha value is -4.85. The van der Waals surface area contributed by atoms with Crippen LogP contribution in [0.3, 0.4) is 0 Å². The van der Waals surface area contributed by atoms with Crippen molar-refractivity contribution in [2.75, 3.05) is 20.3 Å². The number of fused-ring (bicyclic) bond motifs is 1. The number of hydrogen-bond donors (Lipinski definition) is 1. The highest BCUT2D eigenvalue weighted by molar-refractivity contribution is 6.04. The van der Waals surface area contributed by atoms with Gasteiger partial charge < -0.3 is 18.9 Å². The van der Waals surface area contributed by atoms with Gasteiger partial charge in [0.25, 0.3) is 5.91 Å². The van der Waals surface area contributed by atoms with Gasteiger partial charge in [-0.25, -0.2) is 10.2 Å². The van der Waals surface area contributed by atoms with E-state index in [0.29, 0.717) is 40.7 Å². The SMILES string of the molecule is CCOc1ccc(C(=O)Oc2ccc3ccccc3c2/C=N\NC(=O)COc2ccccc2OC)cc1. The van der Waals surface area contributed by atoms with Crippen LogP contribution in [0.15, 0.2) is 90.0 Å². The number of nitrogens with zero attached hydrogens (tertiary/aromatic N) is 1. The molecule has 0 radical (unpaired) electrons. The standard InChI is InChI=1S/C29H26N2O6/c1-3-35-22-15-12-21(13-16-22)29(33)37-25-17-14-20-8-4-5-9-23(20)24(25)18-30-31-28(32)19-36-27-11-7-6-10-26(27)34-2/h4-18H,3,19H2,1-2H3,(H,31,32)/b30-18-. The highest BCUT2D eigenvalue weighted by Crippen LogP contribution is 2.28. The molecule has 0 aliphatic heterocycles. The number of rotatable bonds is 10. The Morgan fingerprint density at radius 1 is 0.838 bits per heavy atom. The van der Waals surface area contributed by atoms with Crippen molar-refractivity contribution in [3.63, 3.8) is 0 Å². The second kappa shape index (κ2) is 12.2. The Kier molecular flexibility index (Phi) is 8.33. The summed E-state index contributed by atoms with van der Waals surface area (Å²) in [7, 11) is 1.52. The van der Waals surface area contributed by atoms with Crippen LogP contribution in [0.25, 0.3) is 10.8 Å². The maximum Gasteiger partial charge on any atom is 0.343 e. The minimum Gasteiger partial charge on any atom is -0.494 e. The molecule has 4 aromatic carbocycles. The molecule has 8 heteroatoms. The molecule has 0 aromatic heterocycles. The van der Waals surface area contributed by atoms with Crippen molar-refractivity contribution in [1.82, 2.24) is 5.43 Å². The van der Waals surface area contributed by atoms with E-state index in [1.54, 1.807) is 54.6 Å². The van der Waals surface area contributed by atoms with E-state index < -0.39 is 11.9 Å². The number of carbonyl (C=O) groups excluding carboxylic acids is 2. The molecular weight excluding hydrogens is 472 g/mol. The van der Waals surface area contributed by atoms with Gasteiger partial charge >= 0.3 is 5.97 Å². The van der Waals surface area contributed by atoms with E-state index in [2.05, 4.69) is 10.5 Å². The van der Waals surface area contributed by atoms with Gasteiger partial charge in [0.2, 0.25) is 0 Å². The molecule has 4 aromatic rings. The average Bonchev–Trinajstić information content (AvgIpc) is 2.93. The van der Waals surface area contributed by atoms with E-state index in [1.165, 1.54) is 13.3 Å². The van der Waals surface area contributed by atoms with Gasteiger partial charge in [-0.1, -0.05) is 42.5 Å². The lowest BCUT2D eigenvalue weighted by Gasteiger charge is -2.11. The molecule has 37 heavy (non-hydrogen) atoms. The Labute approximate surface area is 214 Å². The number of nitrogens with one attached hydrogen (secondary N) is 1. The molecule has 8 nitrogen and oxygen atoms in total. The molecule has 0 bridgehead atoms. The van der Waals surface area contributed by atoms with Gasteiger partial charge in [0.1, 0.15) is 11.5 Å². The number of hydrogen-bond acceptors (Lipinski definition) is 7. The third-order valence-corrected chi connectivity index (χ3v) is 5.35. The molecule has 0 saturated heterocycles. The first-order valence-electron chi connectivity index (χ1n) is 11.6. The normalized spacial score (nSPS) is 10.8. The van der Waals surface area contributed by atoms with Crippen molar-refractivity contribution < 1.29 is 28.5 Å². The summed E-state index contributed by atoms with van der Waals surface area (Å²) in [4.78, 5) is 25.1. The van der Waals surface area contributed by atoms with Crippen molar-refractivity contribution in [3.05, 3.63) is 96.1 Å². The fourth-order valence-electron chi connectivity index (χ4n) is 3.59. The van der Waals surface area contributed by atoms with E-state index in [-0.39, 0.29) is 6.61 Å². The molecule has 1 amide bonds. The second-order valence-corrected chi connectivity index (χ2v) is 7.78. The molecule has 0 saturated carbocycles. The van der Waals surface area contributed by atoms with E-state index in [0.717, 1.165) is 10.8 Å². The molecule has 0 fully saturated rings. The lowest BCUT2D eigenvalue weighted by Crippen LogP contribution is -2.24. The average molecular weight is 499 g/mol. The molecule has 4 rings (SSSR count). The second-order valence-electron chi connectivity index (χ2n) is 7.78. The number of amides is 1. The summed E-state index contributed by atoms with van der Waals surface area (Å²) in [6.45, 7) is 2.17. The lowest BCUT2D eigenvalue weighted by atomic mass is 10.0. The van der Waals surface area contributed by atoms with Gasteiger partial charge in [-0.2, -0.15) is 5.10 Å². The summed E-state index contributed by atoms with van der Waals surface area (Å²) >= 11 is 0. The van der Waals surface area contributed by atoms with Crippen molar-refractivity contribution in [2.45, 2.75) is 6.92 Å². The summed E-state index contributed by atoms with van der Waals surface area (Å²) in [6.07, 6.45) is 1.45. The summed E-state index contributed by atoms with van der Waals surface area (Å²) < 4.78 is 21.9. The van der Waals surface area contributed by atoms with Crippen LogP contribution in [0, 0.1) is 0 Å². The molecular formula is C29H26N2O6. The first kappa shape index (κ1) is 25.2. The lowest BCUT2D eigenvalue weighted by molar-refractivity contribution is -0.123. The number of carbonyl (C=O) groups is 2. The van der Waals surface area contributed by atoms with E-state index >= 15 is 0 Å². The Balaban J connectivity index is 1.49. The van der Waals surface area contributed by atoms with Gasteiger partial charge in [-0.3, -0.25) is 4.79 Å². The predicted octanol–water partition coefficient (Wildman–Crippen LogP) is 5.00. The van der Waals surface area contributed by atoms with Gasteiger partial charge in [0.05, 0.1) is 25.5 Å². The smallest absolute Gasteiger partial charge is 0.343 e. The number of methoxy groups -OCH3 is 1. The van der Waals surface area contributed by atoms with Crippen LogP contribution < -0.4 is 24.4 Å². The van der Waals surface area contributed by atoms with Gasteiger partial charge in [0.15, 0.2) is 18.1 Å². The summed E-state index contributed by atoms with van der Waals surface area (Å²) in [6, 6.07) is 24.9. The fraction of sp³-hybridized carbons (Fsp3) is 0.138. The largest absolute Gasteiger partial charge is 0.494 e.